The van der Waals surface area contributed by atoms with E-state index in [4.69, 9.17) is 0 Å². The summed E-state index contributed by atoms with van der Waals surface area (Å²) in [5, 5.41) is 2.81. The smallest absolute Gasteiger partial charge is 0.0234 e. The summed E-state index contributed by atoms with van der Waals surface area (Å²) in [6.07, 6.45) is 1.11. The van der Waals surface area contributed by atoms with Crippen LogP contribution in [0.4, 0.5) is 0 Å². The molecule has 0 spiro atoms. The maximum absolute atomic E-state index is 2.52. The lowest BCUT2D eigenvalue weighted by Crippen LogP contribution is -2.44. The molecule has 0 bridgehead atoms. The van der Waals surface area contributed by atoms with Crippen LogP contribution in [-0.2, 0) is 13.0 Å². The van der Waals surface area contributed by atoms with Crippen molar-refractivity contribution in [2.75, 3.05) is 13.1 Å². The molecule has 0 amide bonds. The third kappa shape index (κ3) is 2.15. The second-order valence-electron chi connectivity index (χ2n) is 5.63. The van der Waals surface area contributed by atoms with E-state index in [-0.39, 0.29) is 0 Å². The van der Waals surface area contributed by atoms with Crippen molar-refractivity contribution < 1.29 is 0 Å². The van der Waals surface area contributed by atoms with E-state index < -0.39 is 0 Å². The maximum Gasteiger partial charge on any atom is 0.0234 e. The van der Waals surface area contributed by atoms with E-state index in [0.717, 1.165) is 18.9 Å². The SMILES string of the molecule is CCc1cccc2cc(CN3CC(C)C3)ccc12. The first-order chi connectivity index (χ1) is 8.76. The second kappa shape index (κ2) is 4.74. The van der Waals surface area contributed by atoms with Gasteiger partial charge in [-0.25, -0.2) is 0 Å². The van der Waals surface area contributed by atoms with Gasteiger partial charge in [-0.3, -0.25) is 4.90 Å². The van der Waals surface area contributed by atoms with Crippen LogP contribution >= 0.6 is 0 Å². The van der Waals surface area contributed by atoms with Gasteiger partial charge in [0.05, 0.1) is 0 Å². The molecule has 0 atom stereocenters. The van der Waals surface area contributed by atoms with E-state index >= 15 is 0 Å². The molecule has 18 heavy (non-hydrogen) atoms. The predicted octanol–water partition coefficient (Wildman–Crippen LogP) is 3.85. The van der Waals surface area contributed by atoms with Crippen molar-refractivity contribution in [3.63, 3.8) is 0 Å². The molecule has 1 aliphatic heterocycles. The molecule has 2 aromatic carbocycles. The van der Waals surface area contributed by atoms with Crippen LogP contribution in [0.3, 0.4) is 0 Å². The van der Waals surface area contributed by atoms with Crippen LogP contribution in [-0.4, -0.2) is 18.0 Å². The normalized spacial score (nSPS) is 17.0. The van der Waals surface area contributed by atoms with Gasteiger partial charge < -0.3 is 0 Å². The summed E-state index contributed by atoms with van der Waals surface area (Å²) >= 11 is 0. The Labute approximate surface area is 109 Å². The molecule has 94 valence electrons. The lowest BCUT2D eigenvalue weighted by molar-refractivity contribution is 0.105. The third-order valence-corrected chi connectivity index (χ3v) is 3.96. The fourth-order valence-corrected chi connectivity index (χ4v) is 3.02. The number of rotatable bonds is 3. The highest BCUT2D eigenvalue weighted by atomic mass is 15.2. The maximum atomic E-state index is 2.52. The van der Waals surface area contributed by atoms with E-state index in [1.54, 1.807) is 0 Å². The number of likely N-dealkylation sites (tertiary alicyclic amines) is 1. The van der Waals surface area contributed by atoms with Crippen LogP contribution in [0.25, 0.3) is 10.8 Å². The van der Waals surface area contributed by atoms with E-state index in [2.05, 4.69) is 55.1 Å². The van der Waals surface area contributed by atoms with Gasteiger partial charge in [-0.1, -0.05) is 44.2 Å². The van der Waals surface area contributed by atoms with Gasteiger partial charge in [-0.15, -0.1) is 0 Å². The Hall–Kier alpha value is -1.34. The summed E-state index contributed by atoms with van der Waals surface area (Å²) in [5.41, 5.74) is 2.90. The Morgan fingerprint density at radius 1 is 1.17 bits per heavy atom. The molecule has 0 saturated carbocycles. The van der Waals surface area contributed by atoms with Crippen LogP contribution in [0.15, 0.2) is 36.4 Å². The van der Waals surface area contributed by atoms with Crippen molar-refractivity contribution >= 4 is 10.8 Å². The molecule has 1 heterocycles. The number of nitrogens with zero attached hydrogens (tertiary/aromatic N) is 1. The first-order valence-electron chi connectivity index (χ1n) is 6.99. The zero-order valence-corrected chi connectivity index (χ0v) is 11.3. The average molecular weight is 239 g/mol. The molecular formula is C17H21N. The Balaban J connectivity index is 1.87. The highest BCUT2D eigenvalue weighted by Crippen LogP contribution is 2.23. The van der Waals surface area contributed by atoms with E-state index in [1.807, 2.05) is 0 Å². The highest BCUT2D eigenvalue weighted by Gasteiger charge is 2.21. The van der Waals surface area contributed by atoms with Gasteiger partial charge in [0.1, 0.15) is 0 Å². The lowest BCUT2D eigenvalue weighted by atomic mass is 9.98. The van der Waals surface area contributed by atoms with Gasteiger partial charge in [0.2, 0.25) is 0 Å². The number of hydrogen-bond acceptors (Lipinski definition) is 1. The molecule has 0 radical (unpaired) electrons. The number of aryl methyl sites for hydroxylation is 1. The van der Waals surface area contributed by atoms with Gasteiger partial charge in [0.25, 0.3) is 0 Å². The minimum absolute atomic E-state index is 0.886. The lowest BCUT2D eigenvalue weighted by Gasteiger charge is -2.37. The molecule has 0 aliphatic carbocycles. The summed E-state index contributed by atoms with van der Waals surface area (Å²) in [5.74, 6) is 0.886. The quantitative estimate of drug-likeness (QED) is 0.786. The van der Waals surface area contributed by atoms with Crippen molar-refractivity contribution in [2.45, 2.75) is 26.8 Å². The molecule has 1 nitrogen and oxygen atoms in total. The summed E-state index contributed by atoms with van der Waals surface area (Å²) in [6, 6.07) is 13.6. The van der Waals surface area contributed by atoms with E-state index in [9.17, 15) is 0 Å². The Morgan fingerprint density at radius 3 is 2.72 bits per heavy atom. The van der Waals surface area contributed by atoms with Crippen molar-refractivity contribution in [2.24, 2.45) is 5.92 Å². The Bertz CT molecular complexity index is 553. The third-order valence-electron chi connectivity index (χ3n) is 3.96. The topological polar surface area (TPSA) is 3.24 Å². The monoisotopic (exact) mass is 239 g/mol. The molecule has 1 saturated heterocycles. The average Bonchev–Trinajstić information content (AvgIpc) is 2.36. The summed E-state index contributed by atoms with van der Waals surface area (Å²) in [6.45, 7) is 8.17. The Kier molecular flexibility index (Phi) is 3.09. The van der Waals surface area contributed by atoms with Gasteiger partial charge in [-0.2, -0.15) is 0 Å². The molecule has 0 aromatic heterocycles. The van der Waals surface area contributed by atoms with Gasteiger partial charge in [0, 0.05) is 19.6 Å². The first-order valence-corrected chi connectivity index (χ1v) is 6.99. The summed E-state index contributed by atoms with van der Waals surface area (Å²) in [7, 11) is 0. The second-order valence-corrected chi connectivity index (χ2v) is 5.63. The first kappa shape index (κ1) is 11.7. The van der Waals surface area contributed by atoms with Crippen LogP contribution in [0.1, 0.15) is 25.0 Å². The number of benzene rings is 2. The van der Waals surface area contributed by atoms with Crippen molar-refractivity contribution in [1.82, 2.24) is 4.90 Å². The van der Waals surface area contributed by atoms with E-state index in [1.165, 1.54) is 35.0 Å². The van der Waals surface area contributed by atoms with Crippen molar-refractivity contribution in [3.05, 3.63) is 47.5 Å². The zero-order chi connectivity index (χ0) is 12.5. The minimum Gasteiger partial charge on any atom is -0.298 e. The predicted molar refractivity (Wildman–Crippen MR) is 77.8 cm³/mol. The highest BCUT2D eigenvalue weighted by molar-refractivity contribution is 5.86. The molecular weight excluding hydrogens is 218 g/mol. The van der Waals surface area contributed by atoms with Gasteiger partial charge in [0.15, 0.2) is 0 Å². The number of hydrogen-bond donors (Lipinski definition) is 0. The minimum atomic E-state index is 0.886. The standard InChI is InChI=1S/C17H21N/c1-3-15-5-4-6-16-9-14(7-8-17(15)16)12-18-10-13(2)11-18/h4-9,13H,3,10-12H2,1-2H3. The molecule has 0 N–H and O–H groups in total. The van der Waals surface area contributed by atoms with Crippen molar-refractivity contribution in [1.29, 1.82) is 0 Å². The van der Waals surface area contributed by atoms with Crippen LogP contribution < -0.4 is 0 Å². The fraction of sp³-hybridized carbons (Fsp3) is 0.412. The van der Waals surface area contributed by atoms with E-state index in [0.29, 0.717) is 0 Å². The van der Waals surface area contributed by atoms with Crippen LogP contribution in [0.2, 0.25) is 0 Å². The molecule has 1 aliphatic rings. The fourth-order valence-electron chi connectivity index (χ4n) is 3.02. The molecule has 1 heteroatoms. The molecule has 2 aromatic rings. The van der Waals surface area contributed by atoms with Crippen LogP contribution in [0, 0.1) is 5.92 Å². The zero-order valence-electron chi connectivity index (χ0n) is 11.3. The summed E-state index contributed by atoms with van der Waals surface area (Å²) in [4.78, 5) is 2.52. The summed E-state index contributed by atoms with van der Waals surface area (Å²) < 4.78 is 0. The van der Waals surface area contributed by atoms with Gasteiger partial charge in [-0.05, 0) is 40.3 Å². The molecule has 0 unspecified atom stereocenters. The Morgan fingerprint density at radius 2 is 2.00 bits per heavy atom. The molecule has 3 rings (SSSR count). The van der Waals surface area contributed by atoms with Crippen molar-refractivity contribution in [3.8, 4) is 0 Å². The van der Waals surface area contributed by atoms with Gasteiger partial charge >= 0.3 is 0 Å². The largest absolute Gasteiger partial charge is 0.298 e. The number of fused-ring (bicyclic) bond motifs is 1. The molecule has 1 fully saturated rings. The van der Waals surface area contributed by atoms with Crippen LogP contribution in [0.5, 0.6) is 0 Å².